The zero-order valence-corrected chi connectivity index (χ0v) is 8.55. The van der Waals surface area contributed by atoms with Crippen LogP contribution in [0.4, 0.5) is 0 Å². The minimum Gasteiger partial charge on any atom is -0.377 e. The fourth-order valence-corrected chi connectivity index (χ4v) is 1.46. The topological polar surface area (TPSA) is 38.8 Å². The molecule has 1 fully saturated rings. The molecule has 1 aromatic rings. The number of ether oxygens (including phenoxy) is 1. The maximum absolute atomic E-state index is 12.0. The van der Waals surface area contributed by atoms with Crippen molar-refractivity contribution in [2.75, 3.05) is 20.3 Å². The van der Waals surface area contributed by atoms with Crippen LogP contribution < -0.4 is 0 Å². The Bertz CT molecular complexity index is 335. The minimum atomic E-state index is -0.119. The molecule has 0 radical (unpaired) electrons. The number of hydroxylamine groups is 2. The highest BCUT2D eigenvalue weighted by Gasteiger charge is 2.30. The molecule has 4 heteroatoms. The Hall–Kier alpha value is -1.39. The van der Waals surface area contributed by atoms with Gasteiger partial charge in [0.2, 0.25) is 0 Å². The lowest BCUT2D eigenvalue weighted by Gasteiger charge is -2.34. The van der Waals surface area contributed by atoms with Gasteiger partial charge in [-0.1, -0.05) is 18.2 Å². The van der Waals surface area contributed by atoms with Gasteiger partial charge in [0, 0.05) is 5.56 Å². The molecule has 0 unspecified atom stereocenters. The summed E-state index contributed by atoms with van der Waals surface area (Å²) in [6.45, 7) is 1.10. The predicted molar refractivity (Wildman–Crippen MR) is 54.2 cm³/mol. The lowest BCUT2D eigenvalue weighted by Crippen LogP contribution is -2.51. The van der Waals surface area contributed by atoms with E-state index in [1.54, 1.807) is 12.1 Å². The maximum atomic E-state index is 12.0. The second kappa shape index (κ2) is 4.42. The predicted octanol–water partition coefficient (Wildman–Crippen LogP) is 1.09. The summed E-state index contributed by atoms with van der Waals surface area (Å²) in [4.78, 5) is 17.0. The fourth-order valence-electron chi connectivity index (χ4n) is 1.46. The fraction of sp³-hybridized carbons (Fsp3) is 0.364. The molecule has 0 saturated carbocycles. The van der Waals surface area contributed by atoms with Gasteiger partial charge in [-0.05, 0) is 12.1 Å². The molecule has 1 heterocycles. The van der Waals surface area contributed by atoms with Crippen LogP contribution in [-0.4, -0.2) is 37.3 Å². The van der Waals surface area contributed by atoms with E-state index in [0.717, 1.165) is 0 Å². The van der Waals surface area contributed by atoms with Gasteiger partial charge in [0.05, 0.1) is 20.3 Å². The molecule has 1 saturated heterocycles. The molecule has 2 rings (SSSR count). The molecule has 0 bridgehead atoms. The third-order valence-corrected chi connectivity index (χ3v) is 2.37. The first-order chi connectivity index (χ1) is 7.33. The van der Waals surface area contributed by atoms with Crippen molar-refractivity contribution in [2.24, 2.45) is 0 Å². The highest BCUT2D eigenvalue weighted by atomic mass is 16.7. The van der Waals surface area contributed by atoms with Crippen LogP contribution in [0.3, 0.4) is 0 Å². The lowest BCUT2D eigenvalue weighted by molar-refractivity contribution is -0.188. The van der Waals surface area contributed by atoms with E-state index in [9.17, 15) is 4.79 Å². The Morgan fingerprint density at radius 3 is 2.53 bits per heavy atom. The van der Waals surface area contributed by atoms with Crippen molar-refractivity contribution in [3.8, 4) is 0 Å². The molecule has 0 N–H and O–H groups in total. The number of rotatable bonds is 3. The Balaban J connectivity index is 2.11. The average Bonchev–Trinajstić information content (AvgIpc) is 2.23. The van der Waals surface area contributed by atoms with E-state index < -0.39 is 0 Å². The van der Waals surface area contributed by atoms with Crippen molar-refractivity contribution in [3.05, 3.63) is 35.9 Å². The van der Waals surface area contributed by atoms with E-state index in [1.165, 1.54) is 12.2 Å². The normalized spacial score (nSPS) is 15.8. The molecule has 1 aromatic carbocycles. The van der Waals surface area contributed by atoms with Crippen LogP contribution >= 0.6 is 0 Å². The van der Waals surface area contributed by atoms with Crippen LogP contribution in [0.15, 0.2) is 30.3 Å². The van der Waals surface area contributed by atoms with E-state index in [4.69, 9.17) is 9.57 Å². The first-order valence-electron chi connectivity index (χ1n) is 4.83. The number of benzene rings is 1. The molecular formula is C11H13NO3. The largest absolute Gasteiger partial charge is 0.377 e. The van der Waals surface area contributed by atoms with Gasteiger partial charge in [0.25, 0.3) is 5.91 Å². The number of hydrogen-bond donors (Lipinski definition) is 0. The Morgan fingerprint density at radius 1 is 1.40 bits per heavy atom. The summed E-state index contributed by atoms with van der Waals surface area (Å²) in [5.74, 6) is -0.119. The molecule has 1 aliphatic rings. The number of carbonyl (C=O) groups is 1. The second-order valence-corrected chi connectivity index (χ2v) is 3.37. The molecule has 15 heavy (non-hydrogen) atoms. The average molecular weight is 207 g/mol. The molecule has 0 atom stereocenters. The van der Waals surface area contributed by atoms with Crippen molar-refractivity contribution in [3.63, 3.8) is 0 Å². The summed E-state index contributed by atoms with van der Waals surface area (Å²) in [5.41, 5.74) is 0.631. The molecular weight excluding hydrogens is 194 g/mol. The summed E-state index contributed by atoms with van der Waals surface area (Å²) < 4.78 is 5.03. The number of hydrogen-bond acceptors (Lipinski definition) is 3. The van der Waals surface area contributed by atoms with Gasteiger partial charge in [-0.2, -0.15) is 0 Å². The Labute approximate surface area is 88.4 Å². The monoisotopic (exact) mass is 207 g/mol. The summed E-state index contributed by atoms with van der Waals surface area (Å²) in [7, 11) is 1.50. The maximum Gasteiger partial charge on any atom is 0.277 e. The van der Waals surface area contributed by atoms with Gasteiger partial charge in [0.15, 0.2) is 0 Å². The SMILES string of the molecule is CON(C(=O)c1ccccc1)C1COC1. The van der Waals surface area contributed by atoms with E-state index in [-0.39, 0.29) is 11.9 Å². The third kappa shape index (κ3) is 2.00. The molecule has 4 nitrogen and oxygen atoms in total. The van der Waals surface area contributed by atoms with Crippen molar-refractivity contribution in [1.82, 2.24) is 5.06 Å². The van der Waals surface area contributed by atoms with Crippen LogP contribution in [-0.2, 0) is 9.57 Å². The van der Waals surface area contributed by atoms with E-state index in [2.05, 4.69) is 0 Å². The number of amides is 1. The second-order valence-electron chi connectivity index (χ2n) is 3.37. The van der Waals surface area contributed by atoms with Crippen LogP contribution in [0.2, 0.25) is 0 Å². The van der Waals surface area contributed by atoms with Gasteiger partial charge in [0.1, 0.15) is 6.04 Å². The van der Waals surface area contributed by atoms with Gasteiger partial charge in [-0.25, -0.2) is 5.06 Å². The van der Waals surface area contributed by atoms with Gasteiger partial charge < -0.3 is 4.74 Å². The summed E-state index contributed by atoms with van der Waals surface area (Å²) in [6, 6.07) is 9.13. The standard InChI is InChI=1S/C11H13NO3/c1-14-12(10-7-15-8-10)11(13)9-5-3-2-4-6-9/h2-6,10H,7-8H2,1H3. The van der Waals surface area contributed by atoms with Crippen LogP contribution in [0.1, 0.15) is 10.4 Å². The summed E-state index contributed by atoms with van der Waals surface area (Å²) in [6.07, 6.45) is 0. The first-order valence-corrected chi connectivity index (χ1v) is 4.83. The highest BCUT2D eigenvalue weighted by Crippen LogP contribution is 2.14. The Kier molecular flexibility index (Phi) is 2.99. The third-order valence-electron chi connectivity index (χ3n) is 2.37. The van der Waals surface area contributed by atoms with Crippen molar-refractivity contribution in [1.29, 1.82) is 0 Å². The van der Waals surface area contributed by atoms with E-state index in [1.807, 2.05) is 18.2 Å². The quantitative estimate of drug-likeness (QED) is 0.696. The van der Waals surface area contributed by atoms with E-state index >= 15 is 0 Å². The van der Waals surface area contributed by atoms with Crippen LogP contribution in [0.25, 0.3) is 0 Å². The van der Waals surface area contributed by atoms with Gasteiger partial charge in [-0.15, -0.1) is 0 Å². The number of carbonyl (C=O) groups excluding carboxylic acids is 1. The van der Waals surface area contributed by atoms with E-state index in [0.29, 0.717) is 18.8 Å². The van der Waals surface area contributed by atoms with Gasteiger partial charge in [-0.3, -0.25) is 9.63 Å². The van der Waals surface area contributed by atoms with Crippen molar-refractivity contribution >= 4 is 5.91 Å². The van der Waals surface area contributed by atoms with Crippen LogP contribution in [0, 0.1) is 0 Å². The van der Waals surface area contributed by atoms with Gasteiger partial charge >= 0.3 is 0 Å². The minimum absolute atomic E-state index is 0.0442. The summed E-state index contributed by atoms with van der Waals surface area (Å²) in [5, 5.41) is 1.37. The smallest absolute Gasteiger partial charge is 0.277 e. The molecule has 1 aliphatic heterocycles. The number of nitrogens with zero attached hydrogens (tertiary/aromatic N) is 1. The zero-order chi connectivity index (χ0) is 10.7. The van der Waals surface area contributed by atoms with Crippen LogP contribution in [0.5, 0.6) is 0 Å². The first kappa shape index (κ1) is 10.1. The molecule has 0 aliphatic carbocycles. The summed E-state index contributed by atoms with van der Waals surface area (Å²) >= 11 is 0. The van der Waals surface area contributed by atoms with Crippen molar-refractivity contribution < 1.29 is 14.4 Å². The highest BCUT2D eigenvalue weighted by molar-refractivity contribution is 5.93. The molecule has 1 amide bonds. The molecule has 0 aromatic heterocycles. The van der Waals surface area contributed by atoms with Crippen molar-refractivity contribution in [2.45, 2.75) is 6.04 Å². The Morgan fingerprint density at radius 2 is 2.07 bits per heavy atom. The lowest BCUT2D eigenvalue weighted by atomic mass is 10.2. The molecule has 80 valence electrons. The molecule has 0 spiro atoms. The zero-order valence-electron chi connectivity index (χ0n) is 8.55.